The Morgan fingerprint density at radius 1 is 1.40 bits per heavy atom. The molecule has 0 saturated carbocycles. The van der Waals surface area contributed by atoms with E-state index < -0.39 is 5.97 Å². The van der Waals surface area contributed by atoms with Gasteiger partial charge in [0.05, 0.1) is 18.8 Å². The number of amides is 1. The predicted molar refractivity (Wildman–Crippen MR) is 71.9 cm³/mol. The Morgan fingerprint density at radius 2 is 2.20 bits per heavy atom. The SMILES string of the molecule is CCOC(=O)c1c[nH]c(/C=C2/C(=O)NN=C2OCC)c1. The van der Waals surface area contributed by atoms with Gasteiger partial charge in [0.25, 0.3) is 5.91 Å². The molecule has 1 amide bonds. The van der Waals surface area contributed by atoms with Crippen molar-refractivity contribution >= 4 is 23.9 Å². The highest BCUT2D eigenvalue weighted by molar-refractivity contribution is 6.24. The van der Waals surface area contributed by atoms with E-state index in [0.717, 1.165) is 0 Å². The zero-order valence-corrected chi connectivity index (χ0v) is 11.2. The molecule has 0 spiro atoms. The summed E-state index contributed by atoms with van der Waals surface area (Å²) in [5.41, 5.74) is 3.62. The van der Waals surface area contributed by atoms with Gasteiger partial charge in [-0.3, -0.25) is 4.79 Å². The number of rotatable bonds is 4. The number of carbonyl (C=O) groups is 2. The smallest absolute Gasteiger partial charge is 0.339 e. The third-order valence-corrected chi connectivity index (χ3v) is 2.53. The first kappa shape index (κ1) is 13.9. The Bertz CT molecular complexity index is 586. The highest BCUT2D eigenvalue weighted by Crippen LogP contribution is 2.14. The van der Waals surface area contributed by atoms with Gasteiger partial charge in [0.1, 0.15) is 5.57 Å². The van der Waals surface area contributed by atoms with Crippen LogP contribution < -0.4 is 5.43 Å². The van der Waals surface area contributed by atoms with E-state index in [1.54, 1.807) is 26.0 Å². The average molecular weight is 277 g/mol. The van der Waals surface area contributed by atoms with Crippen molar-refractivity contribution in [3.05, 3.63) is 29.1 Å². The van der Waals surface area contributed by atoms with Gasteiger partial charge in [0, 0.05) is 11.9 Å². The van der Waals surface area contributed by atoms with Crippen molar-refractivity contribution in [3.63, 3.8) is 0 Å². The quantitative estimate of drug-likeness (QED) is 0.635. The fourth-order valence-electron chi connectivity index (χ4n) is 1.68. The summed E-state index contributed by atoms with van der Waals surface area (Å²) >= 11 is 0. The second-order valence-corrected chi connectivity index (χ2v) is 3.91. The van der Waals surface area contributed by atoms with E-state index in [4.69, 9.17) is 9.47 Å². The van der Waals surface area contributed by atoms with Crippen molar-refractivity contribution in [2.45, 2.75) is 13.8 Å². The molecule has 0 unspecified atom stereocenters. The van der Waals surface area contributed by atoms with E-state index in [-0.39, 0.29) is 11.8 Å². The third-order valence-electron chi connectivity index (χ3n) is 2.53. The number of nitrogens with one attached hydrogen (secondary N) is 2. The number of esters is 1. The minimum Gasteiger partial charge on any atom is -0.476 e. The topological polar surface area (TPSA) is 92.8 Å². The summed E-state index contributed by atoms with van der Waals surface area (Å²) in [6, 6.07) is 1.60. The molecule has 2 heterocycles. The highest BCUT2D eigenvalue weighted by Gasteiger charge is 2.24. The summed E-state index contributed by atoms with van der Waals surface area (Å²) < 4.78 is 10.1. The summed E-state index contributed by atoms with van der Waals surface area (Å²) in [4.78, 5) is 26.1. The Morgan fingerprint density at radius 3 is 2.90 bits per heavy atom. The number of hydrogen-bond donors (Lipinski definition) is 2. The summed E-state index contributed by atoms with van der Waals surface area (Å²) in [7, 11) is 0. The van der Waals surface area contributed by atoms with Gasteiger partial charge in [-0.15, -0.1) is 5.10 Å². The first-order valence-corrected chi connectivity index (χ1v) is 6.24. The molecule has 0 saturated heterocycles. The van der Waals surface area contributed by atoms with Crippen molar-refractivity contribution < 1.29 is 19.1 Å². The lowest BCUT2D eigenvalue weighted by atomic mass is 10.2. The molecule has 0 radical (unpaired) electrons. The van der Waals surface area contributed by atoms with Gasteiger partial charge in [-0.25, -0.2) is 10.2 Å². The number of H-pyrrole nitrogens is 1. The van der Waals surface area contributed by atoms with E-state index in [1.165, 1.54) is 6.20 Å². The lowest BCUT2D eigenvalue weighted by Crippen LogP contribution is -2.14. The lowest BCUT2D eigenvalue weighted by molar-refractivity contribution is -0.116. The van der Waals surface area contributed by atoms with Crippen LogP contribution in [0.25, 0.3) is 6.08 Å². The molecule has 0 aromatic carbocycles. The van der Waals surface area contributed by atoms with Gasteiger partial charge in [-0.1, -0.05) is 0 Å². The molecule has 0 bridgehead atoms. The molecule has 20 heavy (non-hydrogen) atoms. The number of aromatic amines is 1. The van der Waals surface area contributed by atoms with Crippen molar-refractivity contribution in [2.24, 2.45) is 5.10 Å². The predicted octanol–water partition coefficient (Wildman–Crippen LogP) is 1.05. The second kappa shape index (κ2) is 6.05. The molecule has 0 fully saturated rings. The number of hydrogen-bond acceptors (Lipinski definition) is 5. The molecule has 0 aliphatic carbocycles. The summed E-state index contributed by atoms with van der Waals surface area (Å²) in [6.45, 7) is 4.26. The van der Waals surface area contributed by atoms with Crippen LogP contribution >= 0.6 is 0 Å². The molecular weight excluding hydrogens is 262 g/mol. The summed E-state index contributed by atoms with van der Waals surface area (Å²) in [5.74, 6) is -0.520. The first-order chi connectivity index (χ1) is 9.65. The number of nitrogens with zero attached hydrogens (tertiary/aromatic N) is 1. The maximum absolute atomic E-state index is 11.6. The normalized spacial score (nSPS) is 16.0. The second-order valence-electron chi connectivity index (χ2n) is 3.91. The molecule has 1 aliphatic heterocycles. The van der Waals surface area contributed by atoms with Crippen molar-refractivity contribution in [2.75, 3.05) is 13.2 Å². The van der Waals surface area contributed by atoms with Crippen LogP contribution in [0.15, 0.2) is 22.9 Å². The molecular formula is C13H15N3O4. The molecule has 1 aromatic rings. The molecule has 2 rings (SSSR count). The van der Waals surface area contributed by atoms with E-state index in [1.807, 2.05) is 0 Å². The van der Waals surface area contributed by atoms with Gasteiger partial charge in [-0.2, -0.15) is 0 Å². The minimum absolute atomic E-state index is 0.241. The van der Waals surface area contributed by atoms with Crippen molar-refractivity contribution in [3.8, 4) is 0 Å². The summed E-state index contributed by atoms with van der Waals surface area (Å²) in [6.07, 6.45) is 3.09. The Labute approximate surface area is 115 Å². The first-order valence-electron chi connectivity index (χ1n) is 6.24. The lowest BCUT2D eigenvalue weighted by Gasteiger charge is -2.00. The van der Waals surface area contributed by atoms with Crippen LogP contribution in [0.3, 0.4) is 0 Å². The molecule has 7 nitrogen and oxygen atoms in total. The van der Waals surface area contributed by atoms with Gasteiger partial charge in [0.2, 0.25) is 5.90 Å². The van der Waals surface area contributed by atoms with E-state index in [2.05, 4.69) is 15.5 Å². The number of ether oxygens (including phenoxy) is 2. The number of aromatic nitrogens is 1. The fraction of sp³-hybridized carbons (Fsp3) is 0.308. The molecule has 1 aromatic heterocycles. The van der Waals surface area contributed by atoms with Gasteiger partial charge < -0.3 is 14.5 Å². The van der Waals surface area contributed by atoms with Crippen molar-refractivity contribution in [1.82, 2.24) is 10.4 Å². The monoisotopic (exact) mass is 277 g/mol. The maximum atomic E-state index is 11.6. The number of carbonyl (C=O) groups excluding carboxylic acids is 2. The van der Waals surface area contributed by atoms with Crippen molar-refractivity contribution in [1.29, 1.82) is 0 Å². The molecule has 106 valence electrons. The summed E-state index contributed by atoms with van der Waals surface area (Å²) in [5, 5.41) is 3.78. The molecule has 1 aliphatic rings. The van der Waals surface area contributed by atoms with Gasteiger partial charge in [-0.05, 0) is 26.0 Å². The maximum Gasteiger partial charge on any atom is 0.339 e. The van der Waals surface area contributed by atoms with E-state index in [9.17, 15) is 9.59 Å². The third kappa shape index (κ3) is 2.87. The van der Waals surface area contributed by atoms with Gasteiger partial charge >= 0.3 is 5.97 Å². The Kier molecular flexibility index (Phi) is 4.19. The average Bonchev–Trinajstić information content (AvgIpc) is 3.01. The van der Waals surface area contributed by atoms with Crippen LogP contribution in [0, 0.1) is 0 Å². The van der Waals surface area contributed by atoms with Gasteiger partial charge in [0.15, 0.2) is 0 Å². The Balaban J connectivity index is 2.20. The van der Waals surface area contributed by atoms with E-state index in [0.29, 0.717) is 30.0 Å². The molecule has 0 atom stereocenters. The van der Waals surface area contributed by atoms with Crippen LogP contribution in [0.5, 0.6) is 0 Å². The van der Waals surface area contributed by atoms with Crippen LogP contribution in [-0.2, 0) is 14.3 Å². The molecule has 2 N–H and O–H groups in total. The molecule has 7 heteroatoms. The Hall–Kier alpha value is -2.57. The van der Waals surface area contributed by atoms with E-state index >= 15 is 0 Å². The van der Waals surface area contributed by atoms with Crippen LogP contribution in [0.4, 0.5) is 0 Å². The zero-order valence-electron chi connectivity index (χ0n) is 11.2. The highest BCUT2D eigenvalue weighted by atomic mass is 16.5. The van der Waals surface area contributed by atoms with Crippen LogP contribution in [-0.4, -0.2) is 36.0 Å². The fourth-order valence-corrected chi connectivity index (χ4v) is 1.68. The minimum atomic E-state index is -0.414. The van der Waals surface area contributed by atoms with Crippen LogP contribution in [0.1, 0.15) is 29.9 Å². The van der Waals surface area contributed by atoms with Crippen LogP contribution in [0.2, 0.25) is 0 Å². The largest absolute Gasteiger partial charge is 0.476 e. The zero-order chi connectivity index (χ0) is 14.5. The standard InChI is InChI=1S/C13H15N3O4/c1-3-19-12-10(11(17)15-16-12)6-9-5-8(7-14-9)13(18)20-4-2/h5-7,14H,3-4H2,1-2H3,(H,15,17)/b10-6-. The number of hydrazone groups is 1.